The highest BCUT2D eigenvalue weighted by molar-refractivity contribution is 7.13. The Morgan fingerprint density at radius 2 is 2.28 bits per heavy atom. The van der Waals surface area contributed by atoms with Crippen LogP contribution in [0.25, 0.3) is 10.7 Å². The Labute approximate surface area is 150 Å². The first-order chi connectivity index (χ1) is 12.3. The van der Waals surface area contributed by atoms with Crippen LogP contribution in [0.2, 0.25) is 0 Å². The van der Waals surface area contributed by atoms with E-state index in [9.17, 15) is 4.79 Å². The zero-order valence-electron chi connectivity index (χ0n) is 13.9. The standard InChI is InChI=1S/C19H20N4OS/c24-18-10-16(21-19(22-18)17-6-3-9-25-17)15-5-2-8-23(13-15)12-14-4-1-7-20-11-14/h1,3-4,6-7,9-11,15H,2,5,8,12-13H2,(H,21,22,24)/t15-/m1/s1. The molecule has 4 heterocycles. The molecule has 25 heavy (non-hydrogen) atoms. The van der Waals surface area contributed by atoms with Gasteiger partial charge >= 0.3 is 0 Å². The fourth-order valence-electron chi connectivity index (χ4n) is 3.41. The Hall–Kier alpha value is -2.31. The molecule has 128 valence electrons. The molecule has 4 rings (SSSR count). The van der Waals surface area contributed by atoms with Gasteiger partial charge in [0.25, 0.3) is 5.56 Å². The van der Waals surface area contributed by atoms with Crippen LogP contribution in [0.1, 0.15) is 30.0 Å². The van der Waals surface area contributed by atoms with E-state index >= 15 is 0 Å². The highest BCUT2D eigenvalue weighted by atomic mass is 32.1. The minimum Gasteiger partial charge on any atom is -0.306 e. The summed E-state index contributed by atoms with van der Waals surface area (Å²) in [5, 5.41) is 2.00. The summed E-state index contributed by atoms with van der Waals surface area (Å²) in [6, 6.07) is 9.71. The molecule has 0 radical (unpaired) electrons. The average molecular weight is 352 g/mol. The SMILES string of the molecule is O=c1cc([C@@H]2CCCN(Cc3cccnc3)C2)nc(-c2cccs2)[nH]1. The molecule has 5 nitrogen and oxygen atoms in total. The normalized spacial score (nSPS) is 18.3. The van der Waals surface area contributed by atoms with Crippen molar-refractivity contribution in [2.75, 3.05) is 13.1 Å². The van der Waals surface area contributed by atoms with Crippen molar-refractivity contribution in [1.82, 2.24) is 19.9 Å². The van der Waals surface area contributed by atoms with Crippen LogP contribution in [0, 0.1) is 0 Å². The number of piperidine rings is 1. The summed E-state index contributed by atoms with van der Waals surface area (Å²) >= 11 is 1.59. The molecule has 1 aliphatic heterocycles. The molecule has 0 bridgehead atoms. The summed E-state index contributed by atoms with van der Waals surface area (Å²) < 4.78 is 0. The number of nitrogens with zero attached hydrogens (tertiary/aromatic N) is 3. The number of hydrogen-bond donors (Lipinski definition) is 1. The zero-order valence-corrected chi connectivity index (χ0v) is 14.7. The molecule has 3 aromatic heterocycles. The summed E-state index contributed by atoms with van der Waals surface area (Å²) in [5.74, 6) is 0.980. The van der Waals surface area contributed by atoms with E-state index in [1.807, 2.05) is 29.8 Å². The van der Waals surface area contributed by atoms with E-state index in [0.29, 0.717) is 11.7 Å². The van der Waals surface area contributed by atoms with Gasteiger partial charge in [-0.05, 0) is 42.5 Å². The predicted octanol–water partition coefficient (Wildman–Crippen LogP) is 3.27. The minimum absolute atomic E-state index is 0.0715. The van der Waals surface area contributed by atoms with Crippen molar-refractivity contribution >= 4 is 11.3 Å². The lowest BCUT2D eigenvalue weighted by molar-refractivity contribution is 0.198. The van der Waals surface area contributed by atoms with Gasteiger partial charge < -0.3 is 4.98 Å². The Kier molecular flexibility index (Phi) is 4.72. The molecule has 0 amide bonds. The summed E-state index contributed by atoms with van der Waals surface area (Å²) in [6.07, 6.45) is 5.91. The number of hydrogen-bond acceptors (Lipinski definition) is 5. The third kappa shape index (κ3) is 3.86. The third-order valence-corrected chi connectivity index (χ3v) is 5.45. The number of nitrogens with one attached hydrogen (secondary N) is 1. The van der Waals surface area contributed by atoms with E-state index in [0.717, 1.165) is 43.0 Å². The van der Waals surface area contributed by atoms with Crippen LogP contribution in [-0.2, 0) is 6.54 Å². The molecule has 1 fully saturated rings. The number of pyridine rings is 1. The number of H-pyrrole nitrogens is 1. The second-order valence-electron chi connectivity index (χ2n) is 6.43. The highest BCUT2D eigenvalue weighted by Crippen LogP contribution is 2.28. The van der Waals surface area contributed by atoms with Gasteiger partial charge in [-0.1, -0.05) is 12.1 Å². The summed E-state index contributed by atoms with van der Waals surface area (Å²) in [7, 11) is 0. The Bertz CT molecular complexity index is 876. The molecule has 6 heteroatoms. The lowest BCUT2D eigenvalue weighted by atomic mass is 9.94. The van der Waals surface area contributed by atoms with E-state index < -0.39 is 0 Å². The lowest BCUT2D eigenvalue weighted by Crippen LogP contribution is -2.34. The Morgan fingerprint density at radius 3 is 3.08 bits per heavy atom. The van der Waals surface area contributed by atoms with Crippen LogP contribution < -0.4 is 5.56 Å². The Morgan fingerprint density at radius 1 is 1.32 bits per heavy atom. The monoisotopic (exact) mass is 352 g/mol. The third-order valence-electron chi connectivity index (χ3n) is 4.57. The maximum absolute atomic E-state index is 12.1. The van der Waals surface area contributed by atoms with Crippen LogP contribution in [-0.4, -0.2) is 32.9 Å². The van der Waals surface area contributed by atoms with Gasteiger partial charge in [-0.15, -0.1) is 11.3 Å². The van der Waals surface area contributed by atoms with E-state index in [2.05, 4.69) is 20.9 Å². The number of likely N-dealkylation sites (tertiary alicyclic amines) is 1. The lowest BCUT2D eigenvalue weighted by Gasteiger charge is -2.32. The summed E-state index contributed by atoms with van der Waals surface area (Å²) in [5.41, 5.74) is 2.06. The molecule has 1 saturated heterocycles. The van der Waals surface area contributed by atoms with Crippen LogP contribution in [0.15, 0.2) is 52.9 Å². The Balaban J connectivity index is 1.54. The molecule has 0 spiro atoms. The number of aromatic nitrogens is 3. The van der Waals surface area contributed by atoms with Crippen LogP contribution >= 0.6 is 11.3 Å². The van der Waals surface area contributed by atoms with E-state index in [4.69, 9.17) is 4.98 Å². The molecule has 1 N–H and O–H groups in total. The predicted molar refractivity (Wildman–Crippen MR) is 99.7 cm³/mol. The van der Waals surface area contributed by atoms with Crippen molar-refractivity contribution in [3.63, 3.8) is 0 Å². The highest BCUT2D eigenvalue weighted by Gasteiger charge is 2.23. The van der Waals surface area contributed by atoms with Gasteiger partial charge in [0.15, 0.2) is 0 Å². The van der Waals surface area contributed by atoms with Gasteiger partial charge in [-0.25, -0.2) is 4.98 Å². The molecule has 0 aliphatic carbocycles. The van der Waals surface area contributed by atoms with E-state index in [-0.39, 0.29) is 5.56 Å². The van der Waals surface area contributed by atoms with Crippen LogP contribution in [0.5, 0.6) is 0 Å². The first kappa shape index (κ1) is 16.2. The summed E-state index contributed by atoms with van der Waals surface area (Å²) in [6.45, 7) is 2.90. The molecule has 1 atom stereocenters. The average Bonchev–Trinajstić information content (AvgIpc) is 3.17. The first-order valence-electron chi connectivity index (χ1n) is 8.54. The second kappa shape index (κ2) is 7.29. The fourth-order valence-corrected chi connectivity index (χ4v) is 4.08. The number of thiophene rings is 1. The summed E-state index contributed by atoms with van der Waals surface area (Å²) in [4.78, 5) is 27.4. The topological polar surface area (TPSA) is 61.9 Å². The zero-order chi connectivity index (χ0) is 17.1. The molecule has 3 aromatic rings. The van der Waals surface area contributed by atoms with Crippen molar-refractivity contribution in [3.8, 4) is 10.7 Å². The van der Waals surface area contributed by atoms with Gasteiger partial charge in [0.2, 0.25) is 0 Å². The quantitative estimate of drug-likeness (QED) is 0.783. The van der Waals surface area contributed by atoms with Gasteiger partial charge in [-0.2, -0.15) is 0 Å². The van der Waals surface area contributed by atoms with Crippen molar-refractivity contribution in [1.29, 1.82) is 0 Å². The fraction of sp³-hybridized carbons (Fsp3) is 0.316. The van der Waals surface area contributed by atoms with Crippen molar-refractivity contribution < 1.29 is 0 Å². The molecular weight excluding hydrogens is 332 g/mol. The molecule has 0 unspecified atom stereocenters. The second-order valence-corrected chi connectivity index (χ2v) is 7.38. The van der Waals surface area contributed by atoms with Crippen molar-refractivity contribution in [2.45, 2.75) is 25.3 Å². The van der Waals surface area contributed by atoms with Gasteiger partial charge in [0.1, 0.15) is 5.82 Å². The maximum atomic E-state index is 12.1. The van der Waals surface area contributed by atoms with E-state index in [1.54, 1.807) is 23.6 Å². The molecular formula is C19H20N4OS. The van der Waals surface area contributed by atoms with Crippen LogP contribution in [0.3, 0.4) is 0 Å². The molecule has 1 aliphatic rings. The van der Waals surface area contributed by atoms with Crippen molar-refractivity contribution in [2.24, 2.45) is 0 Å². The first-order valence-corrected chi connectivity index (χ1v) is 9.42. The number of aromatic amines is 1. The van der Waals surface area contributed by atoms with Gasteiger partial charge in [0.05, 0.1) is 10.6 Å². The maximum Gasteiger partial charge on any atom is 0.251 e. The molecule has 0 saturated carbocycles. The van der Waals surface area contributed by atoms with Gasteiger partial charge in [0, 0.05) is 37.5 Å². The largest absolute Gasteiger partial charge is 0.306 e. The van der Waals surface area contributed by atoms with E-state index in [1.165, 1.54) is 5.56 Å². The van der Waals surface area contributed by atoms with Gasteiger partial charge in [-0.3, -0.25) is 14.7 Å². The number of rotatable bonds is 4. The molecule has 0 aromatic carbocycles. The smallest absolute Gasteiger partial charge is 0.251 e. The van der Waals surface area contributed by atoms with Crippen molar-refractivity contribution in [3.05, 3.63) is 69.7 Å². The minimum atomic E-state index is -0.0715. The van der Waals surface area contributed by atoms with Crippen LogP contribution in [0.4, 0.5) is 0 Å².